The summed E-state index contributed by atoms with van der Waals surface area (Å²) < 4.78 is 1.97. The average molecular weight is 530 g/mol. The highest BCUT2D eigenvalue weighted by atomic mass is 28.3. The predicted octanol–water partition coefficient (Wildman–Crippen LogP) is 9.14. The zero-order chi connectivity index (χ0) is 27.2. The lowest BCUT2D eigenvalue weighted by Crippen LogP contribution is -2.30. The van der Waals surface area contributed by atoms with Crippen LogP contribution >= 0.6 is 0 Å². The third-order valence-electron chi connectivity index (χ3n) is 7.15. The number of allylic oxidation sites excluding steroid dienone is 2. The largest absolute Gasteiger partial charge is 0.255 e. The number of hydrogen-bond acceptors (Lipinski definition) is 4. The molecule has 0 N–H and O–H groups in total. The van der Waals surface area contributed by atoms with Crippen LogP contribution in [0.1, 0.15) is 71.6 Å². The van der Waals surface area contributed by atoms with E-state index in [2.05, 4.69) is 53.8 Å². The van der Waals surface area contributed by atoms with E-state index in [4.69, 9.17) is 0 Å². The number of pyridine rings is 2. The number of unbranched alkanes of at least 4 members (excludes halogenated alkanes) is 8. The summed E-state index contributed by atoms with van der Waals surface area (Å²) in [4.78, 5) is 8.85. The Morgan fingerprint density at radius 1 is 0.763 bits per heavy atom. The van der Waals surface area contributed by atoms with E-state index < -0.39 is 8.07 Å². The molecule has 204 valence electrons. The molecule has 0 aliphatic carbocycles. The zero-order valence-corrected chi connectivity index (χ0v) is 25.0. The van der Waals surface area contributed by atoms with Gasteiger partial charge in [0.05, 0.1) is 25.7 Å². The second-order valence-electron chi connectivity index (χ2n) is 11.5. The van der Waals surface area contributed by atoms with E-state index in [0.717, 1.165) is 35.6 Å². The molecular formula is C32H47N5Si. The average Bonchev–Trinajstić information content (AvgIpc) is 3.36. The minimum Gasteiger partial charge on any atom is -0.255 e. The minimum absolute atomic E-state index is 0.850. The summed E-state index contributed by atoms with van der Waals surface area (Å²) in [5, 5.41) is 8.73. The molecule has 0 atom stereocenters. The summed E-state index contributed by atoms with van der Waals surface area (Å²) >= 11 is 0. The van der Waals surface area contributed by atoms with Crippen LogP contribution in [-0.2, 0) is 6.54 Å². The molecular weight excluding hydrogens is 482 g/mol. The highest BCUT2D eigenvalue weighted by Crippen LogP contribution is 2.30. The molecule has 0 amide bonds. The van der Waals surface area contributed by atoms with Crippen LogP contribution in [0.4, 0.5) is 0 Å². The quantitative estimate of drug-likeness (QED) is 0.0936. The van der Waals surface area contributed by atoms with Crippen molar-refractivity contribution >= 4 is 8.07 Å². The molecule has 0 radical (unpaired) electrons. The molecule has 5 nitrogen and oxygen atoms in total. The van der Waals surface area contributed by atoms with Crippen molar-refractivity contribution in [2.75, 3.05) is 0 Å². The fourth-order valence-electron chi connectivity index (χ4n) is 5.54. The second-order valence-corrected chi connectivity index (χ2v) is 16.4. The lowest BCUT2D eigenvalue weighted by molar-refractivity contribution is 0.509. The predicted molar refractivity (Wildman–Crippen MR) is 164 cm³/mol. The first kappa shape index (κ1) is 29.7. The van der Waals surface area contributed by atoms with E-state index in [-0.39, 0.29) is 0 Å². The lowest BCUT2D eigenvalue weighted by atomic mass is 10.1. The van der Waals surface area contributed by atoms with Gasteiger partial charge >= 0.3 is 0 Å². The van der Waals surface area contributed by atoms with E-state index in [1.165, 1.54) is 80.6 Å². The number of aromatic nitrogens is 5. The molecule has 0 fully saturated rings. The van der Waals surface area contributed by atoms with Crippen molar-refractivity contribution < 1.29 is 0 Å². The molecule has 0 aliphatic heterocycles. The summed E-state index contributed by atoms with van der Waals surface area (Å²) in [6.45, 7) is 16.2. The Bertz CT molecular complexity index is 1120. The van der Waals surface area contributed by atoms with Gasteiger partial charge in [0.15, 0.2) is 0 Å². The zero-order valence-electron chi connectivity index (χ0n) is 24.0. The van der Waals surface area contributed by atoms with Crippen LogP contribution in [0.5, 0.6) is 0 Å². The van der Waals surface area contributed by atoms with Crippen LogP contribution in [0.2, 0.25) is 24.7 Å². The number of hydrogen-bond donors (Lipinski definition) is 0. The topological polar surface area (TPSA) is 56.5 Å². The van der Waals surface area contributed by atoms with Gasteiger partial charge in [0, 0.05) is 24.5 Å². The first-order valence-electron chi connectivity index (χ1n) is 14.4. The Labute approximate surface area is 231 Å². The number of nitrogens with zero attached hydrogens (tertiary/aromatic N) is 5. The molecule has 6 heteroatoms. The first-order chi connectivity index (χ1) is 18.3. The molecule has 3 rings (SSSR count). The third-order valence-corrected chi connectivity index (χ3v) is 11.6. The van der Waals surface area contributed by atoms with Crippen molar-refractivity contribution in [3.63, 3.8) is 0 Å². The van der Waals surface area contributed by atoms with Crippen molar-refractivity contribution in [1.82, 2.24) is 25.0 Å². The maximum Gasteiger partial charge on any atom is 0.113 e. The van der Waals surface area contributed by atoms with Crippen molar-refractivity contribution in [3.05, 3.63) is 73.2 Å². The van der Waals surface area contributed by atoms with E-state index in [1.807, 2.05) is 47.4 Å². The van der Waals surface area contributed by atoms with E-state index in [0.29, 0.717) is 0 Å². The van der Waals surface area contributed by atoms with Crippen molar-refractivity contribution in [2.24, 2.45) is 0 Å². The molecule has 0 aromatic carbocycles. The molecule has 3 heterocycles. The molecule has 0 spiro atoms. The highest BCUT2D eigenvalue weighted by molar-refractivity contribution is 6.79. The Balaban J connectivity index is 1.26. The van der Waals surface area contributed by atoms with Crippen LogP contribution in [0.3, 0.4) is 0 Å². The van der Waals surface area contributed by atoms with Gasteiger partial charge in [-0.25, -0.2) is 0 Å². The van der Waals surface area contributed by atoms with Crippen molar-refractivity contribution in [1.29, 1.82) is 0 Å². The van der Waals surface area contributed by atoms with Crippen molar-refractivity contribution in [2.45, 2.75) is 103 Å². The fourth-order valence-corrected chi connectivity index (χ4v) is 10.0. The van der Waals surface area contributed by atoms with Crippen LogP contribution in [0.25, 0.3) is 22.6 Å². The summed E-state index contributed by atoms with van der Waals surface area (Å²) in [7, 11) is -1.24. The molecule has 3 aromatic heterocycles. The fraction of sp³-hybridized carbons (Fsp3) is 0.500. The monoisotopic (exact) mass is 529 g/mol. The first-order valence-corrected chi connectivity index (χ1v) is 17.5. The number of rotatable bonds is 18. The highest BCUT2D eigenvalue weighted by Gasteiger charge is 2.26. The van der Waals surface area contributed by atoms with Gasteiger partial charge in [-0.1, -0.05) is 86.4 Å². The summed E-state index contributed by atoms with van der Waals surface area (Å²) in [6.07, 6.45) is 17.6. The molecule has 0 unspecified atom stereocenters. The normalized spacial score (nSPS) is 11.6. The minimum atomic E-state index is -1.24. The van der Waals surface area contributed by atoms with E-state index in [9.17, 15) is 0 Å². The van der Waals surface area contributed by atoms with E-state index >= 15 is 0 Å². The number of aryl methyl sites for hydroxylation is 1. The van der Waals surface area contributed by atoms with Crippen molar-refractivity contribution in [3.8, 4) is 22.6 Å². The molecule has 38 heavy (non-hydrogen) atoms. The SMILES string of the molecule is C=C(C)C[Si](C)(CCCCCCCCCCCn1cc(-c2ccnc(-c3ccccn3)c2)nn1)CC(=C)C. The van der Waals surface area contributed by atoms with Gasteiger partial charge in [-0.2, -0.15) is 0 Å². The Kier molecular flexibility index (Phi) is 12.1. The van der Waals surface area contributed by atoms with Crippen LogP contribution in [0.15, 0.2) is 73.2 Å². The Hall–Kier alpha value is -2.86. The van der Waals surface area contributed by atoms with E-state index in [1.54, 1.807) is 6.20 Å². The van der Waals surface area contributed by atoms with Gasteiger partial charge in [-0.05, 0) is 56.6 Å². The van der Waals surface area contributed by atoms with Gasteiger partial charge in [0.25, 0.3) is 0 Å². The van der Waals surface area contributed by atoms with Crippen LogP contribution in [0, 0.1) is 0 Å². The second kappa shape index (κ2) is 15.5. The maximum absolute atomic E-state index is 4.45. The Morgan fingerprint density at radius 2 is 1.39 bits per heavy atom. The molecule has 0 bridgehead atoms. The molecule has 0 saturated carbocycles. The molecule has 0 saturated heterocycles. The summed E-state index contributed by atoms with van der Waals surface area (Å²) in [6, 6.07) is 13.8. The smallest absolute Gasteiger partial charge is 0.113 e. The standard InChI is InChI=1S/C32H47N5Si/c1-27(2)25-38(5,26-28(3)4)22-16-12-10-8-6-7-9-11-15-21-37-24-32(35-36-37)29-18-20-34-31(23-29)30-17-13-14-19-33-30/h13-14,17-20,23-24H,1,3,6-12,15-16,21-22,25-26H2,2,4-5H3. The third kappa shape index (κ3) is 10.5. The van der Waals surface area contributed by atoms with Gasteiger partial charge in [-0.3, -0.25) is 14.6 Å². The Morgan fingerprint density at radius 3 is 2.03 bits per heavy atom. The summed E-state index contributed by atoms with van der Waals surface area (Å²) in [5.74, 6) is 0. The van der Waals surface area contributed by atoms with Gasteiger partial charge in [0.2, 0.25) is 0 Å². The molecule has 3 aromatic rings. The lowest BCUT2D eigenvalue weighted by Gasteiger charge is -2.28. The van der Waals surface area contributed by atoms with Gasteiger partial charge in [-0.15, -0.1) is 18.3 Å². The maximum atomic E-state index is 4.45. The summed E-state index contributed by atoms with van der Waals surface area (Å²) in [5.41, 5.74) is 6.33. The van der Waals surface area contributed by atoms with Gasteiger partial charge < -0.3 is 0 Å². The molecule has 0 aliphatic rings. The van der Waals surface area contributed by atoms with Gasteiger partial charge in [0.1, 0.15) is 5.69 Å². The van der Waals surface area contributed by atoms with Crippen LogP contribution in [-0.4, -0.2) is 33.0 Å². The van der Waals surface area contributed by atoms with Crippen LogP contribution < -0.4 is 0 Å².